The number of hydrogen-bond donors (Lipinski definition) is 1. The van der Waals surface area contributed by atoms with Crippen molar-refractivity contribution in [1.82, 2.24) is 20.0 Å². The highest BCUT2D eigenvalue weighted by Crippen LogP contribution is 2.18. The Morgan fingerprint density at radius 3 is 2.50 bits per heavy atom. The van der Waals surface area contributed by atoms with Crippen LogP contribution in [-0.2, 0) is 0 Å². The molecule has 84 valence electrons. The first-order valence-electron chi connectivity index (χ1n) is 5.24. The SMILES string of the molecule is Cc1ccc(-n2nc(C(C)C)cc2N)nn1. The Kier molecular flexibility index (Phi) is 2.60. The molecule has 0 aliphatic rings. The second-order valence-electron chi connectivity index (χ2n) is 4.09. The first-order chi connectivity index (χ1) is 7.58. The molecule has 0 spiro atoms. The van der Waals surface area contributed by atoms with Gasteiger partial charge in [-0.3, -0.25) is 0 Å². The maximum absolute atomic E-state index is 5.88. The van der Waals surface area contributed by atoms with E-state index >= 15 is 0 Å². The summed E-state index contributed by atoms with van der Waals surface area (Å²) in [5, 5.41) is 12.4. The van der Waals surface area contributed by atoms with Gasteiger partial charge in [-0.15, -0.1) is 5.10 Å². The summed E-state index contributed by atoms with van der Waals surface area (Å²) in [5.74, 6) is 1.58. The van der Waals surface area contributed by atoms with Gasteiger partial charge in [-0.05, 0) is 25.0 Å². The fraction of sp³-hybridized carbons (Fsp3) is 0.364. The third kappa shape index (κ3) is 1.88. The third-order valence-electron chi connectivity index (χ3n) is 2.35. The summed E-state index contributed by atoms with van der Waals surface area (Å²) >= 11 is 0. The summed E-state index contributed by atoms with van der Waals surface area (Å²) < 4.78 is 1.61. The summed E-state index contributed by atoms with van der Waals surface area (Å²) in [5.41, 5.74) is 7.71. The first kappa shape index (κ1) is 10.6. The third-order valence-corrected chi connectivity index (χ3v) is 2.35. The van der Waals surface area contributed by atoms with Crippen molar-refractivity contribution in [3.8, 4) is 5.82 Å². The molecule has 0 bridgehead atoms. The quantitative estimate of drug-likeness (QED) is 0.830. The predicted octanol–water partition coefficient (Wildman–Crippen LogP) is 1.68. The van der Waals surface area contributed by atoms with Gasteiger partial charge < -0.3 is 5.73 Å². The van der Waals surface area contributed by atoms with E-state index in [0.717, 1.165) is 11.4 Å². The zero-order chi connectivity index (χ0) is 11.7. The minimum Gasteiger partial charge on any atom is -0.384 e. The maximum atomic E-state index is 5.88. The van der Waals surface area contributed by atoms with E-state index in [9.17, 15) is 0 Å². The molecule has 0 atom stereocenters. The van der Waals surface area contributed by atoms with E-state index in [-0.39, 0.29) is 0 Å². The van der Waals surface area contributed by atoms with Gasteiger partial charge in [0.05, 0.1) is 11.4 Å². The van der Waals surface area contributed by atoms with Gasteiger partial charge >= 0.3 is 0 Å². The van der Waals surface area contributed by atoms with E-state index in [1.807, 2.05) is 25.1 Å². The van der Waals surface area contributed by atoms with E-state index in [0.29, 0.717) is 17.6 Å². The summed E-state index contributed by atoms with van der Waals surface area (Å²) in [7, 11) is 0. The highest BCUT2D eigenvalue weighted by Gasteiger charge is 2.10. The van der Waals surface area contributed by atoms with Crippen LogP contribution in [0.4, 0.5) is 5.82 Å². The minimum absolute atomic E-state index is 0.349. The lowest BCUT2D eigenvalue weighted by atomic mass is 10.1. The zero-order valence-corrected chi connectivity index (χ0v) is 9.68. The van der Waals surface area contributed by atoms with Gasteiger partial charge in [0.15, 0.2) is 5.82 Å². The van der Waals surface area contributed by atoms with E-state index in [2.05, 4.69) is 29.1 Å². The number of nitrogens with zero attached hydrogens (tertiary/aromatic N) is 4. The van der Waals surface area contributed by atoms with Crippen LogP contribution < -0.4 is 5.73 Å². The highest BCUT2D eigenvalue weighted by atomic mass is 15.4. The molecule has 0 saturated carbocycles. The second-order valence-corrected chi connectivity index (χ2v) is 4.09. The molecular formula is C11H15N5. The lowest BCUT2D eigenvalue weighted by Gasteiger charge is -2.02. The van der Waals surface area contributed by atoms with Gasteiger partial charge in [0.25, 0.3) is 0 Å². The van der Waals surface area contributed by atoms with Crippen molar-refractivity contribution >= 4 is 5.82 Å². The number of nitrogens with two attached hydrogens (primary N) is 1. The fourth-order valence-electron chi connectivity index (χ4n) is 1.39. The lowest BCUT2D eigenvalue weighted by Crippen LogP contribution is -2.05. The number of rotatable bonds is 2. The van der Waals surface area contributed by atoms with Crippen LogP contribution in [0.2, 0.25) is 0 Å². The van der Waals surface area contributed by atoms with Crippen molar-refractivity contribution in [3.05, 3.63) is 29.6 Å². The average molecular weight is 217 g/mol. The van der Waals surface area contributed by atoms with Crippen LogP contribution >= 0.6 is 0 Å². The molecule has 0 aliphatic carbocycles. The number of aryl methyl sites for hydroxylation is 1. The van der Waals surface area contributed by atoms with Crippen LogP contribution in [-0.4, -0.2) is 20.0 Å². The molecule has 2 aromatic rings. The molecule has 2 aromatic heterocycles. The van der Waals surface area contributed by atoms with Gasteiger partial charge in [0, 0.05) is 6.07 Å². The van der Waals surface area contributed by atoms with Crippen molar-refractivity contribution in [1.29, 1.82) is 0 Å². The summed E-state index contributed by atoms with van der Waals surface area (Å²) in [6, 6.07) is 5.61. The molecule has 2 N–H and O–H groups in total. The summed E-state index contributed by atoms with van der Waals surface area (Å²) in [6.45, 7) is 6.04. The van der Waals surface area contributed by atoms with Crippen LogP contribution in [0.3, 0.4) is 0 Å². The van der Waals surface area contributed by atoms with E-state index in [4.69, 9.17) is 5.73 Å². The minimum atomic E-state index is 0.349. The zero-order valence-electron chi connectivity index (χ0n) is 9.68. The van der Waals surface area contributed by atoms with E-state index in [1.54, 1.807) is 4.68 Å². The van der Waals surface area contributed by atoms with Crippen molar-refractivity contribution in [3.63, 3.8) is 0 Å². The molecule has 0 fully saturated rings. The number of hydrogen-bond acceptors (Lipinski definition) is 4. The van der Waals surface area contributed by atoms with Crippen molar-refractivity contribution < 1.29 is 0 Å². The van der Waals surface area contributed by atoms with Gasteiger partial charge in [0.2, 0.25) is 0 Å². The van der Waals surface area contributed by atoms with Gasteiger partial charge in [-0.2, -0.15) is 14.9 Å². The van der Waals surface area contributed by atoms with Crippen LogP contribution in [0.15, 0.2) is 18.2 Å². The topological polar surface area (TPSA) is 69.6 Å². The molecule has 5 heteroatoms. The fourth-order valence-corrected chi connectivity index (χ4v) is 1.39. The molecule has 2 rings (SSSR count). The molecule has 2 heterocycles. The van der Waals surface area contributed by atoms with Gasteiger partial charge in [0.1, 0.15) is 5.82 Å². The Balaban J connectivity index is 2.44. The van der Waals surface area contributed by atoms with E-state index < -0.39 is 0 Å². The number of nitrogen functional groups attached to an aromatic ring is 1. The molecule has 0 saturated heterocycles. The first-order valence-corrected chi connectivity index (χ1v) is 5.24. The van der Waals surface area contributed by atoms with Gasteiger partial charge in [-0.1, -0.05) is 13.8 Å². The Morgan fingerprint density at radius 2 is 2.00 bits per heavy atom. The summed E-state index contributed by atoms with van der Waals surface area (Å²) in [6.07, 6.45) is 0. The predicted molar refractivity (Wildman–Crippen MR) is 62.4 cm³/mol. The largest absolute Gasteiger partial charge is 0.384 e. The lowest BCUT2D eigenvalue weighted by molar-refractivity contribution is 0.749. The number of anilines is 1. The Hall–Kier alpha value is -1.91. The molecular weight excluding hydrogens is 202 g/mol. The van der Waals surface area contributed by atoms with Crippen molar-refractivity contribution in [2.75, 3.05) is 5.73 Å². The highest BCUT2D eigenvalue weighted by molar-refractivity contribution is 5.39. The molecule has 0 unspecified atom stereocenters. The Bertz CT molecular complexity index is 484. The van der Waals surface area contributed by atoms with Gasteiger partial charge in [-0.25, -0.2) is 0 Å². The molecule has 0 amide bonds. The normalized spacial score (nSPS) is 11.0. The monoisotopic (exact) mass is 217 g/mol. The molecule has 0 aromatic carbocycles. The smallest absolute Gasteiger partial charge is 0.178 e. The second kappa shape index (κ2) is 3.92. The van der Waals surface area contributed by atoms with Crippen molar-refractivity contribution in [2.45, 2.75) is 26.7 Å². The molecule has 0 radical (unpaired) electrons. The maximum Gasteiger partial charge on any atom is 0.178 e. The van der Waals surface area contributed by atoms with Crippen LogP contribution in [0, 0.1) is 6.92 Å². The molecule has 0 aliphatic heterocycles. The Morgan fingerprint density at radius 1 is 1.25 bits per heavy atom. The Labute approximate surface area is 94.3 Å². The standard InChI is InChI=1S/C11H15N5/c1-7(2)9-6-10(12)16(15-9)11-5-4-8(3)13-14-11/h4-7H,12H2,1-3H3. The van der Waals surface area contributed by atoms with Crippen LogP contribution in [0.1, 0.15) is 31.2 Å². The average Bonchev–Trinajstić information content (AvgIpc) is 2.62. The van der Waals surface area contributed by atoms with Crippen LogP contribution in [0.5, 0.6) is 0 Å². The molecule has 5 nitrogen and oxygen atoms in total. The van der Waals surface area contributed by atoms with Crippen LogP contribution in [0.25, 0.3) is 5.82 Å². The molecule has 16 heavy (non-hydrogen) atoms. The van der Waals surface area contributed by atoms with Crippen molar-refractivity contribution in [2.24, 2.45) is 0 Å². The number of aromatic nitrogens is 4. The van der Waals surface area contributed by atoms with E-state index in [1.165, 1.54) is 0 Å². The summed E-state index contributed by atoms with van der Waals surface area (Å²) in [4.78, 5) is 0.